The second-order valence-corrected chi connectivity index (χ2v) is 5.39. The molecule has 0 saturated carbocycles. The Morgan fingerprint density at radius 3 is 2.76 bits per heavy atom. The van der Waals surface area contributed by atoms with E-state index < -0.39 is 5.82 Å². The molecule has 0 atom stereocenters. The zero-order chi connectivity index (χ0) is 15.0. The van der Waals surface area contributed by atoms with Crippen LogP contribution in [0.2, 0.25) is 5.02 Å². The number of halogens is 3. The Morgan fingerprint density at radius 2 is 2.14 bits per heavy atom. The standard InChI is InChI=1S/C14H7BrClFN2O2/c15-13-4-3-12(21-13)14-8(7-20)6-19(18-14)9-1-2-10(16)11(17)5-9/h1-7H. The molecule has 0 bridgehead atoms. The maximum absolute atomic E-state index is 13.5. The maximum atomic E-state index is 13.5. The average molecular weight is 370 g/mol. The molecule has 0 aliphatic rings. The van der Waals surface area contributed by atoms with Crippen LogP contribution in [0.4, 0.5) is 4.39 Å². The number of aromatic nitrogens is 2. The van der Waals surface area contributed by atoms with Crippen molar-refractivity contribution >= 4 is 33.8 Å². The molecule has 4 nitrogen and oxygen atoms in total. The van der Waals surface area contributed by atoms with Gasteiger partial charge in [0.25, 0.3) is 0 Å². The van der Waals surface area contributed by atoms with Crippen LogP contribution in [0.1, 0.15) is 10.4 Å². The Hall–Kier alpha value is -1.92. The Labute approximate surface area is 132 Å². The molecule has 0 saturated heterocycles. The molecule has 0 radical (unpaired) electrons. The zero-order valence-electron chi connectivity index (χ0n) is 10.4. The lowest BCUT2D eigenvalue weighted by Crippen LogP contribution is -1.95. The first-order valence-electron chi connectivity index (χ1n) is 5.84. The van der Waals surface area contributed by atoms with Gasteiger partial charge in [-0.25, -0.2) is 9.07 Å². The molecule has 0 amide bonds. The van der Waals surface area contributed by atoms with Crippen molar-refractivity contribution in [2.75, 3.05) is 0 Å². The lowest BCUT2D eigenvalue weighted by atomic mass is 10.2. The van der Waals surface area contributed by atoms with Crippen LogP contribution in [-0.4, -0.2) is 16.1 Å². The van der Waals surface area contributed by atoms with Gasteiger partial charge in [0.05, 0.1) is 16.3 Å². The molecule has 1 aromatic carbocycles. The summed E-state index contributed by atoms with van der Waals surface area (Å²) >= 11 is 8.84. The first-order chi connectivity index (χ1) is 10.1. The number of nitrogens with zero attached hydrogens (tertiary/aromatic N) is 2. The fraction of sp³-hybridized carbons (Fsp3) is 0. The Morgan fingerprint density at radius 1 is 1.33 bits per heavy atom. The third kappa shape index (κ3) is 2.64. The quantitative estimate of drug-likeness (QED) is 0.639. The highest BCUT2D eigenvalue weighted by Gasteiger charge is 2.15. The minimum atomic E-state index is -0.556. The first-order valence-corrected chi connectivity index (χ1v) is 7.01. The second kappa shape index (κ2) is 5.46. The summed E-state index contributed by atoms with van der Waals surface area (Å²) in [5, 5.41) is 4.29. The van der Waals surface area contributed by atoms with Gasteiger partial charge in [-0.3, -0.25) is 4.79 Å². The van der Waals surface area contributed by atoms with Crippen LogP contribution >= 0.6 is 27.5 Å². The molecule has 0 aliphatic heterocycles. The lowest BCUT2D eigenvalue weighted by molar-refractivity contribution is 0.112. The monoisotopic (exact) mass is 368 g/mol. The van der Waals surface area contributed by atoms with Crippen LogP contribution < -0.4 is 0 Å². The van der Waals surface area contributed by atoms with E-state index in [4.69, 9.17) is 16.0 Å². The van der Waals surface area contributed by atoms with Gasteiger partial charge in [-0.2, -0.15) is 5.10 Å². The summed E-state index contributed by atoms with van der Waals surface area (Å²) in [6.45, 7) is 0. The predicted octanol–water partition coefficient (Wildman–Crippen LogP) is 4.50. The van der Waals surface area contributed by atoms with Gasteiger partial charge in [-0.15, -0.1) is 0 Å². The van der Waals surface area contributed by atoms with E-state index in [0.29, 0.717) is 33.7 Å². The van der Waals surface area contributed by atoms with Crippen molar-refractivity contribution in [1.82, 2.24) is 9.78 Å². The Kier molecular flexibility index (Phi) is 3.65. The maximum Gasteiger partial charge on any atom is 0.169 e. The van der Waals surface area contributed by atoms with Crippen molar-refractivity contribution in [2.24, 2.45) is 0 Å². The highest BCUT2D eigenvalue weighted by atomic mass is 79.9. The molecule has 0 unspecified atom stereocenters. The largest absolute Gasteiger partial charge is 0.448 e. The van der Waals surface area contributed by atoms with Gasteiger partial charge >= 0.3 is 0 Å². The molecule has 3 rings (SSSR count). The minimum Gasteiger partial charge on any atom is -0.448 e. The Balaban J connectivity index is 2.10. The second-order valence-electron chi connectivity index (χ2n) is 4.20. The van der Waals surface area contributed by atoms with E-state index in [-0.39, 0.29) is 5.02 Å². The number of carbonyl (C=O) groups is 1. The van der Waals surface area contributed by atoms with Crippen molar-refractivity contribution in [3.8, 4) is 17.1 Å². The summed E-state index contributed by atoms with van der Waals surface area (Å²) in [5.41, 5.74) is 1.18. The summed E-state index contributed by atoms with van der Waals surface area (Å²) in [4.78, 5) is 11.2. The molecule has 0 aliphatic carbocycles. The van der Waals surface area contributed by atoms with Crippen LogP contribution in [0.3, 0.4) is 0 Å². The van der Waals surface area contributed by atoms with E-state index in [1.54, 1.807) is 18.2 Å². The summed E-state index contributed by atoms with van der Waals surface area (Å²) in [6.07, 6.45) is 2.17. The van der Waals surface area contributed by atoms with E-state index >= 15 is 0 Å². The van der Waals surface area contributed by atoms with Gasteiger partial charge in [0.2, 0.25) is 0 Å². The number of aldehydes is 1. The van der Waals surface area contributed by atoms with Gasteiger partial charge in [-0.1, -0.05) is 11.6 Å². The topological polar surface area (TPSA) is 48.0 Å². The normalized spacial score (nSPS) is 10.8. The molecular formula is C14H7BrClFN2O2. The number of rotatable bonds is 3. The van der Waals surface area contributed by atoms with E-state index in [2.05, 4.69) is 21.0 Å². The molecule has 2 aromatic heterocycles. The average Bonchev–Trinajstić information content (AvgIpc) is 3.07. The molecule has 106 valence electrons. The van der Waals surface area contributed by atoms with Gasteiger partial charge in [-0.05, 0) is 40.2 Å². The van der Waals surface area contributed by atoms with Crippen molar-refractivity contribution in [2.45, 2.75) is 0 Å². The summed E-state index contributed by atoms with van der Waals surface area (Å²) < 4.78 is 20.8. The number of hydrogen-bond donors (Lipinski definition) is 0. The third-order valence-corrected chi connectivity index (χ3v) is 3.58. The minimum absolute atomic E-state index is 0.0247. The smallest absolute Gasteiger partial charge is 0.169 e. The van der Waals surface area contributed by atoms with E-state index in [1.807, 2.05) is 0 Å². The van der Waals surface area contributed by atoms with E-state index in [1.165, 1.54) is 23.0 Å². The SMILES string of the molecule is O=Cc1cn(-c2ccc(Cl)c(F)c2)nc1-c1ccc(Br)o1. The summed E-state index contributed by atoms with van der Waals surface area (Å²) in [6, 6.07) is 7.66. The third-order valence-electron chi connectivity index (χ3n) is 2.84. The van der Waals surface area contributed by atoms with Crippen LogP contribution in [0, 0.1) is 5.82 Å². The fourth-order valence-corrected chi connectivity index (χ4v) is 2.29. The molecule has 7 heteroatoms. The molecule has 0 N–H and O–H groups in total. The van der Waals surface area contributed by atoms with E-state index in [9.17, 15) is 9.18 Å². The van der Waals surface area contributed by atoms with Gasteiger partial charge < -0.3 is 4.42 Å². The molecule has 2 heterocycles. The summed E-state index contributed by atoms with van der Waals surface area (Å²) in [7, 11) is 0. The first kappa shape index (κ1) is 14.0. The van der Waals surface area contributed by atoms with Crippen LogP contribution in [0.25, 0.3) is 17.1 Å². The van der Waals surface area contributed by atoms with Crippen molar-refractivity contribution < 1.29 is 13.6 Å². The predicted molar refractivity (Wildman–Crippen MR) is 79.3 cm³/mol. The molecule has 21 heavy (non-hydrogen) atoms. The molecule has 3 aromatic rings. The number of hydrogen-bond acceptors (Lipinski definition) is 3. The van der Waals surface area contributed by atoms with Crippen molar-refractivity contribution in [3.63, 3.8) is 0 Å². The van der Waals surface area contributed by atoms with Crippen LogP contribution in [0.5, 0.6) is 0 Å². The lowest BCUT2D eigenvalue weighted by Gasteiger charge is -2.01. The Bertz CT molecular complexity index is 828. The van der Waals surface area contributed by atoms with Gasteiger partial charge in [0.1, 0.15) is 11.5 Å². The van der Waals surface area contributed by atoms with Crippen molar-refractivity contribution in [3.05, 3.63) is 57.6 Å². The number of carbonyl (C=O) groups excluding carboxylic acids is 1. The number of furan rings is 1. The van der Waals surface area contributed by atoms with Gasteiger partial charge in [0.15, 0.2) is 16.7 Å². The highest BCUT2D eigenvalue weighted by Crippen LogP contribution is 2.27. The molecule has 0 fully saturated rings. The molecule has 0 spiro atoms. The summed E-state index contributed by atoms with van der Waals surface area (Å²) in [5.74, 6) is -0.114. The zero-order valence-corrected chi connectivity index (χ0v) is 12.7. The van der Waals surface area contributed by atoms with Gasteiger partial charge in [0, 0.05) is 12.3 Å². The number of benzene rings is 1. The molecular weight excluding hydrogens is 363 g/mol. The van der Waals surface area contributed by atoms with Crippen molar-refractivity contribution in [1.29, 1.82) is 0 Å². The highest BCUT2D eigenvalue weighted by molar-refractivity contribution is 9.10. The van der Waals surface area contributed by atoms with Crippen LogP contribution in [-0.2, 0) is 0 Å². The van der Waals surface area contributed by atoms with Crippen LogP contribution in [0.15, 0.2) is 45.6 Å². The van der Waals surface area contributed by atoms with E-state index in [0.717, 1.165) is 0 Å². The fourth-order valence-electron chi connectivity index (χ4n) is 1.87.